The zero-order valence-corrected chi connectivity index (χ0v) is 14.7. The number of benzene rings is 1. The lowest BCUT2D eigenvalue weighted by molar-refractivity contribution is -0.142. The Labute approximate surface area is 158 Å². The second-order valence-corrected chi connectivity index (χ2v) is 6.38. The summed E-state index contributed by atoms with van der Waals surface area (Å²) in [5.41, 5.74) is 0.311. The maximum Gasteiger partial charge on any atom is 0.416 e. The van der Waals surface area contributed by atoms with Crippen LogP contribution in [0.25, 0.3) is 5.69 Å². The molecule has 1 saturated carbocycles. The molecule has 28 heavy (non-hydrogen) atoms. The molecule has 0 spiro atoms. The first-order valence-corrected chi connectivity index (χ1v) is 8.60. The highest BCUT2D eigenvalue weighted by Crippen LogP contribution is 2.42. The normalized spacial score (nSPS) is 14.1. The van der Waals surface area contributed by atoms with Crippen LogP contribution in [-0.2, 0) is 15.7 Å². The van der Waals surface area contributed by atoms with Crippen LogP contribution in [0.3, 0.4) is 0 Å². The molecule has 0 aliphatic heterocycles. The van der Waals surface area contributed by atoms with Crippen molar-refractivity contribution in [3.8, 4) is 5.69 Å². The van der Waals surface area contributed by atoms with E-state index in [2.05, 4.69) is 10.4 Å². The van der Waals surface area contributed by atoms with Crippen molar-refractivity contribution in [2.75, 3.05) is 19.8 Å². The molecule has 0 bridgehead atoms. The Morgan fingerprint density at radius 2 is 2.07 bits per heavy atom. The Morgan fingerprint density at radius 3 is 2.71 bits per heavy atom. The molecule has 1 aliphatic carbocycles. The molecule has 7 nitrogen and oxygen atoms in total. The number of amides is 1. The average Bonchev–Trinajstić information content (AvgIpc) is 3.38. The van der Waals surface area contributed by atoms with E-state index in [0.717, 1.165) is 25.0 Å². The van der Waals surface area contributed by atoms with Crippen molar-refractivity contribution in [3.05, 3.63) is 47.3 Å². The molecular weight excluding hydrogens is 379 g/mol. The summed E-state index contributed by atoms with van der Waals surface area (Å²) in [6.45, 7) is -0.333. The Balaban J connectivity index is 1.78. The molecule has 1 amide bonds. The first kappa shape index (κ1) is 19.9. The Kier molecular flexibility index (Phi) is 5.68. The predicted molar refractivity (Wildman–Crippen MR) is 91.3 cm³/mol. The van der Waals surface area contributed by atoms with Gasteiger partial charge in [-0.25, -0.2) is 9.48 Å². The molecule has 0 unspecified atom stereocenters. The summed E-state index contributed by atoms with van der Waals surface area (Å²) < 4.78 is 45.2. The van der Waals surface area contributed by atoms with E-state index in [9.17, 15) is 22.8 Å². The van der Waals surface area contributed by atoms with Crippen LogP contribution in [0, 0.1) is 0 Å². The SMILES string of the molecule is O=C(O)COCCNC(=O)c1cnn(-c2cccc(C(F)(F)F)c2)c1C1CC1. The van der Waals surface area contributed by atoms with Gasteiger partial charge in [0.25, 0.3) is 5.91 Å². The van der Waals surface area contributed by atoms with E-state index in [-0.39, 0.29) is 30.3 Å². The number of carboxylic acid groups (broad SMARTS) is 1. The average molecular weight is 397 g/mol. The fourth-order valence-electron chi connectivity index (χ4n) is 2.79. The zero-order valence-electron chi connectivity index (χ0n) is 14.7. The van der Waals surface area contributed by atoms with Crippen LogP contribution < -0.4 is 5.32 Å². The van der Waals surface area contributed by atoms with E-state index < -0.39 is 30.2 Å². The van der Waals surface area contributed by atoms with Gasteiger partial charge in [-0.15, -0.1) is 0 Å². The number of carboxylic acids is 1. The van der Waals surface area contributed by atoms with Gasteiger partial charge in [-0.05, 0) is 31.0 Å². The van der Waals surface area contributed by atoms with Gasteiger partial charge in [-0.1, -0.05) is 6.07 Å². The molecule has 0 radical (unpaired) electrons. The molecule has 10 heteroatoms. The van der Waals surface area contributed by atoms with E-state index in [0.29, 0.717) is 5.69 Å². The summed E-state index contributed by atoms with van der Waals surface area (Å²) in [7, 11) is 0. The topological polar surface area (TPSA) is 93.4 Å². The molecule has 1 aromatic heterocycles. The molecule has 1 fully saturated rings. The summed E-state index contributed by atoms with van der Waals surface area (Å²) in [5.74, 6) is -1.48. The molecule has 0 atom stereocenters. The minimum Gasteiger partial charge on any atom is -0.480 e. The number of rotatable bonds is 8. The summed E-state index contributed by atoms with van der Waals surface area (Å²) in [4.78, 5) is 22.8. The van der Waals surface area contributed by atoms with Gasteiger partial charge in [0.15, 0.2) is 0 Å². The number of nitrogens with zero attached hydrogens (tertiary/aromatic N) is 2. The number of hydrogen-bond donors (Lipinski definition) is 2. The van der Waals surface area contributed by atoms with Gasteiger partial charge in [0, 0.05) is 12.5 Å². The molecule has 0 saturated heterocycles. The minimum atomic E-state index is -4.47. The highest BCUT2D eigenvalue weighted by Gasteiger charge is 2.34. The third-order valence-corrected chi connectivity index (χ3v) is 4.19. The van der Waals surface area contributed by atoms with Gasteiger partial charge < -0.3 is 15.2 Å². The molecule has 150 valence electrons. The number of alkyl halides is 3. The lowest BCUT2D eigenvalue weighted by atomic mass is 10.1. The van der Waals surface area contributed by atoms with E-state index in [1.54, 1.807) is 0 Å². The smallest absolute Gasteiger partial charge is 0.416 e. The predicted octanol–water partition coefficient (Wildman–Crippen LogP) is 2.60. The van der Waals surface area contributed by atoms with Crippen molar-refractivity contribution in [1.29, 1.82) is 0 Å². The van der Waals surface area contributed by atoms with Crippen molar-refractivity contribution < 1.29 is 32.6 Å². The van der Waals surface area contributed by atoms with Crippen LogP contribution in [0.1, 0.15) is 40.4 Å². The van der Waals surface area contributed by atoms with Crippen molar-refractivity contribution >= 4 is 11.9 Å². The third kappa shape index (κ3) is 4.69. The summed E-state index contributed by atoms with van der Waals surface area (Å²) in [6, 6.07) is 4.79. The zero-order chi connectivity index (χ0) is 20.3. The maximum atomic E-state index is 13.0. The Hall–Kier alpha value is -2.88. The lowest BCUT2D eigenvalue weighted by Gasteiger charge is -2.12. The van der Waals surface area contributed by atoms with Gasteiger partial charge >= 0.3 is 12.1 Å². The first-order valence-electron chi connectivity index (χ1n) is 8.60. The number of aliphatic carboxylic acids is 1. The van der Waals surface area contributed by atoms with Gasteiger partial charge in [-0.2, -0.15) is 18.3 Å². The van der Waals surface area contributed by atoms with Crippen molar-refractivity contribution in [2.45, 2.75) is 24.9 Å². The second kappa shape index (κ2) is 8.01. The van der Waals surface area contributed by atoms with Crippen molar-refractivity contribution in [3.63, 3.8) is 0 Å². The van der Waals surface area contributed by atoms with Gasteiger partial charge in [0.05, 0.1) is 35.3 Å². The standard InChI is InChI=1S/C18H18F3N3O4/c19-18(20,21)12-2-1-3-13(8-12)24-16(11-4-5-11)14(9-23-24)17(27)22-6-7-28-10-15(25)26/h1-3,8-9,11H,4-7,10H2,(H,22,27)(H,25,26). The first-order chi connectivity index (χ1) is 13.3. The minimum absolute atomic E-state index is 0.0264. The third-order valence-electron chi connectivity index (χ3n) is 4.19. The number of hydrogen-bond acceptors (Lipinski definition) is 4. The van der Waals surface area contributed by atoms with Crippen LogP contribution in [0.4, 0.5) is 13.2 Å². The molecule has 1 aliphatic rings. The van der Waals surface area contributed by atoms with E-state index in [1.807, 2.05) is 0 Å². The van der Waals surface area contributed by atoms with E-state index in [4.69, 9.17) is 9.84 Å². The van der Waals surface area contributed by atoms with Crippen molar-refractivity contribution in [2.24, 2.45) is 0 Å². The molecule has 2 aromatic rings. The van der Waals surface area contributed by atoms with E-state index >= 15 is 0 Å². The van der Waals surface area contributed by atoms with Crippen LogP contribution >= 0.6 is 0 Å². The van der Waals surface area contributed by atoms with Gasteiger partial charge in [0.1, 0.15) is 6.61 Å². The summed E-state index contributed by atoms with van der Waals surface area (Å²) in [6.07, 6.45) is -1.49. The van der Waals surface area contributed by atoms with Crippen LogP contribution in [-0.4, -0.2) is 46.5 Å². The molecule has 3 rings (SSSR count). The summed E-state index contributed by atoms with van der Waals surface area (Å²) >= 11 is 0. The van der Waals surface area contributed by atoms with Crippen LogP contribution in [0.5, 0.6) is 0 Å². The quantitative estimate of drug-likeness (QED) is 0.668. The van der Waals surface area contributed by atoms with Crippen molar-refractivity contribution in [1.82, 2.24) is 15.1 Å². The van der Waals surface area contributed by atoms with Gasteiger partial charge in [0.2, 0.25) is 0 Å². The number of carbonyl (C=O) groups is 2. The largest absolute Gasteiger partial charge is 0.480 e. The fraction of sp³-hybridized carbons (Fsp3) is 0.389. The Morgan fingerprint density at radius 1 is 1.32 bits per heavy atom. The number of carbonyl (C=O) groups excluding carboxylic acids is 1. The lowest BCUT2D eigenvalue weighted by Crippen LogP contribution is -2.28. The number of halogens is 3. The molecular formula is C18H18F3N3O4. The maximum absolute atomic E-state index is 13.0. The summed E-state index contributed by atoms with van der Waals surface area (Å²) in [5, 5.41) is 15.2. The van der Waals surface area contributed by atoms with Crippen LogP contribution in [0.2, 0.25) is 0 Å². The highest BCUT2D eigenvalue weighted by atomic mass is 19.4. The molecule has 1 aromatic carbocycles. The van der Waals surface area contributed by atoms with Gasteiger partial charge in [-0.3, -0.25) is 4.79 Å². The number of ether oxygens (including phenoxy) is 1. The second-order valence-electron chi connectivity index (χ2n) is 6.38. The van der Waals surface area contributed by atoms with Crippen LogP contribution in [0.15, 0.2) is 30.5 Å². The highest BCUT2D eigenvalue weighted by molar-refractivity contribution is 5.95. The monoisotopic (exact) mass is 397 g/mol. The molecule has 2 N–H and O–H groups in total. The van der Waals surface area contributed by atoms with E-state index in [1.165, 1.54) is 23.0 Å². The number of aromatic nitrogens is 2. The number of nitrogens with one attached hydrogen (secondary N) is 1. The molecule has 1 heterocycles. The Bertz CT molecular complexity index is 875. The fourth-order valence-corrected chi connectivity index (χ4v) is 2.79.